The molecule has 0 unspecified atom stereocenters. The van der Waals surface area contributed by atoms with Crippen molar-refractivity contribution in [2.75, 3.05) is 0 Å². The zero-order valence-corrected chi connectivity index (χ0v) is 10.5. The molecule has 0 aliphatic rings. The highest BCUT2D eigenvalue weighted by Gasteiger charge is 2.01. The van der Waals surface area contributed by atoms with Gasteiger partial charge < -0.3 is 0 Å². The molecule has 4 nitrogen and oxygen atoms in total. The summed E-state index contributed by atoms with van der Waals surface area (Å²) in [6.45, 7) is 1.88. The summed E-state index contributed by atoms with van der Waals surface area (Å²) in [6, 6.07) is 8.13. The molecular formula is C15H12N4. The highest BCUT2D eigenvalue weighted by atomic mass is 14.8. The second-order valence-corrected chi connectivity index (χ2v) is 4.19. The molecule has 0 amide bonds. The fraction of sp³-hybridized carbons (Fsp3) is 0.0667. The lowest BCUT2D eigenvalue weighted by molar-refractivity contribution is 1.06. The predicted octanol–water partition coefficient (Wildman–Crippen LogP) is 2.91. The molecule has 19 heavy (non-hydrogen) atoms. The number of hydrogen-bond acceptors (Lipinski definition) is 4. The average molecular weight is 248 g/mol. The number of rotatable bonds is 2. The fourth-order valence-electron chi connectivity index (χ4n) is 1.82. The van der Waals surface area contributed by atoms with Gasteiger partial charge in [-0.1, -0.05) is 24.3 Å². The van der Waals surface area contributed by atoms with Crippen molar-refractivity contribution in [1.82, 2.24) is 19.9 Å². The minimum atomic E-state index is 0.778. The van der Waals surface area contributed by atoms with E-state index in [4.69, 9.17) is 0 Å². The number of aromatic nitrogens is 4. The average Bonchev–Trinajstić information content (AvgIpc) is 2.49. The topological polar surface area (TPSA) is 51.6 Å². The fourth-order valence-corrected chi connectivity index (χ4v) is 1.82. The van der Waals surface area contributed by atoms with Crippen LogP contribution in [0.2, 0.25) is 0 Å². The van der Waals surface area contributed by atoms with Crippen molar-refractivity contribution in [2.45, 2.75) is 6.92 Å². The van der Waals surface area contributed by atoms with Gasteiger partial charge in [0.1, 0.15) is 5.82 Å². The van der Waals surface area contributed by atoms with E-state index < -0.39 is 0 Å². The molecule has 1 aromatic carbocycles. The van der Waals surface area contributed by atoms with E-state index in [1.54, 1.807) is 18.6 Å². The Morgan fingerprint density at radius 2 is 1.37 bits per heavy atom. The molecule has 3 aromatic rings. The number of nitrogens with zero attached hydrogens (tertiary/aromatic N) is 4. The molecule has 0 radical (unpaired) electrons. The van der Waals surface area contributed by atoms with Crippen LogP contribution in [0.5, 0.6) is 0 Å². The Bertz CT molecular complexity index is 661. The van der Waals surface area contributed by atoms with Gasteiger partial charge in [0, 0.05) is 35.9 Å². The van der Waals surface area contributed by atoms with Gasteiger partial charge in [-0.05, 0) is 12.5 Å². The lowest BCUT2D eigenvalue weighted by atomic mass is 10.1. The van der Waals surface area contributed by atoms with Gasteiger partial charge in [0.2, 0.25) is 0 Å². The summed E-state index contributed by atoms with van der Waals surface area (Å²) >= 11 is 0. The molecule has 0 spiro atoms. The number of aryl methyl sites for hydroxylation is 1. The summed E-state index contributed by atoms with van der Waals surface area (Å²) in [5.74, 6) is 0.778. The first kappa shape index (κ1) is 11.5. The van der Waals surface area contributed by atoms with Gasteiger partial charge in [0.15, 0.2) is 0 Å². The number of benzene rings is 1. The lowest BCUT2D eigenvalue weighted by Gasteiger charge is -2.03. The Kier molecular flexibility index (Phi) is 2.98. The maximum absolute atomic E-state index is 4.28. The SMILES string of the molecule is Cc1ncc(-c2ccc(-c3cnccn3)cc2)cn1. The molecule has 0 atom stereocenters. The molecule has 92 valence electrons. The summed E-state index contributed by atoms with van der Waals surface area (Å²) in [5.41, 5.74) is 4.02. The summed E-state index contributed by atoms with van der Waals surface area (Å²) in [7, 11) is 0. The van der Waals surface area contributed by atoms with E-state index in [0.29, 0.717) is 0 Å². The van der Waals surface area contributed by atoms with Crippen LogP contribution in [0.15, 0.2) is 55.2 Å². The monoisotopic (exact) mass is 248 g/mol. The van der Waals surface area contributed by atoms with Crippen LogP contribution in [0.25, 0.3) is 22.4 Å². The van der Waals surface area contributed by atoms with E-state index in [1.165, 1.54) is 0 Å². The minimum Gasteiger partial charge on any atom is -0.261 e. The second kappa shape index (κ2) is 4.94. The first-order valence-electron chi connectivity index (χ1n) is 5.98. The highest BCUT2D eigenvalue weighted by molar-refractivity contribution is 5.67. The Morgan fingerprint density at radius 1 is 0.684 bits per heavy atom. The maximum Gasteiger partial charge on any atom is 0.125 e. The van der Waals surface area contributed by atoms with E-state index >= 15 is 0 Å². The molecule has 2 aromatic heterocycles. The third kappa shape index (κ3) is 2.47. The molecule has 0 saturated carbocycles. The molecule has 0 bridgehead atoms. The molecule has 2 heterocycles. The van der Waals surface area contributed by atoms with Crippen molar-refractivity contribution in [1.29, 1.82) is 0 Å². The quantitative estimate of drug-likeness (QED) is 0.699. The third-order valence-corrected chi connectivity index (χ3v) is 2.86. The summed E-state index contributed by atoms with van der Waals surface area (Å²) in [4.78, 5) is 16.7. The van der Waals surface area contributed by atoms with Crippen molar-refractivity contribution in [2.24, 2.45) is 0 Å². The Labute approximate surface area is 111 Å². The summed E-state index contributed by atoms with van der Waals surface area (Å²) in [5, 5.41) is 0. The van der Waals surface area contributed by atoms with Crippen LogP contribution in [0.1, 0.15) is 5.82 Å². The van der Waals surface area contributed by atoms with Crippen LogP contribution in [-0.2, 0) is 0 Å². The van der Waals surface area contributed by atoms with E-state index in [0.717, 1.165) is 28.2 Å². The highest BCUT2D eigenvalue weighted by Crippen LogP contribution is 2.22. The maximum atomic E-state index is 4.28. The van der Waals surface area contributed by atoms with Crippen LogP contribution >= 0.6 is 0 Å². The standard InChI is InChI=1S/C15H12N4/c1-11-18-8-14(9-19-11)12-2-4-13(5-3-12)15-10-16-6-7-17-15/h2-10H,1H3. The van der Waals surface area contributed by atoms with E-state index in [1.807, 2.05) is 43.6 Å². The van der Waals surface area contributed by atoms with Gasteiger partial charge in [-0.3, -0.25) is 9.97 Å². The van der Waals surface area contributed by atoms with Crippen molar-refractivity contribution in [3.05, 3.63) is 61.1 Å². The minimum absolute atomic E-state index is 0.778. The van der Waals surface area contributed by atoms with Gasteiger partial charge in [0.25, 0.3) is 0 Å². The Morgan fingerprint density at radius 3 is 2.00 bits per heavy atom. The van der Waals surface area contributed by atoms with E-state index in [2.05, 4.69) is 19.9 Å². The van der Waals surface area contributed by atoms with Gasteiger partial charge in [0.05, 0.1) is 11.9 Å². The first-order valence-corrected chi connectivity index (χ1v) is 5.98. The van der Waals surface area contributed by atoms with Crippen LogP contribution in [0, 0.1) is 6.92 Å². The van der Waals surface area contributed by atoms with Crippen molar-refractivity contribution in [3.8, 4) is 22.4 Å². The van der Waals surface area contributed by atoms with Gasteiger partial charge in [-0.2, -0.15) is 0 Å². The van der Waals surface area contributed by atoms with Crippen LogP contribution in [0.4, 0.5) is 0 Å². The molecule has 0 saturated heterocycles. The summed E-state index contributed by atoms with van der Waals surface area (Å²) in [6.07, 6.45) is 8.78. The second-order valence-electron chi connectivity index (χ2n) is 4.19. The third-order valence-electron chi connectivity index (χ3n) is 2.86. The smallest absolute Gasteiger partial charge is 0.125 e. The van der Waals surface area contributed by atoms with Gasteiger partial charge in [-0.25, -0.2) is 9.97 Å². The van der Waals surface area contributed by atoms with Crippen molar-refractivity contribution < 1.29 is 0 Å². The van der Waals surface area contributed by atoms with Crippen LogP contribution in [-0.4, -0.2) is 19.9 Å². The van der Waals surface area contributed by atoms with Gasteiger partial charge >= 0.3 is 0 Å². The molecular weight excluding hydrogens is 236 g/mol. The Hall–Kier alpha value is -2.62. The zero-order chi connectivity index (χ0) is 13.1. The van der Waals surface area contributed by atoms with Crippen molar-refractivity contribution in [3.63, 3.8) is 0 Å². The molecule has 4 heteroatoms. The molecule has 3 rings (SSSR count). The normalized spacial score (nSPS) is 10.4. The zero-order valence-electron chi connectivity index (χ0n) is 10.5. The summed E-state index contributed by atoms with van der Waals surface area (Å²) < 4.78 is 0. The van der Waals surface area contributed by atoms with E-state index in [9.17, 15) is 0 Å². The first-order chi connectivity index (χ1) is 9.33. The number of hydrogen-bond donors (Lipinski definition) is 0. The molecule has 0 aliphatic carbocycles. The van der Waals surface area contributed by atoms with Gasteiger partial charge in [-0.15, -0.1) is 0 Å². The van der Waals surface area contributed by atoms with Crippen LogP contribution < -0.4 is 0 Å². The van der Waals surface area contributed by atoms with Crippen molar-refractivity contribution >= 4 is 0 Å². The largest absolute Gasteiger partial charge is 0.261 e. The predicted molar refractivity (Wildman–Crippen MR) is 73.2 cm³/mol. The Balaban J connectivity index is 1.93. The molecule has 0 N–H and O–H groups in total. The molecule has 0 fully saturated rings. The molecule has 0 aliphatic heterocycles. The van der Waals surface area contributed by atoms with E-state index in [-0.39, 0.29) is 0 Å². The van der Waals surface area contributed by atoms with Crippen LogP contribution in [0.3, 0.4) is 0 Å². The lowest BCUT2D eigenvalue weighted by Crippen LogP contribution is -1.88.